The van der Waals surface area contributed by atoms with E-state index in [9.17, 15) is 4.79 Å². The summed E-state index contributed by atoms with van der Waals surface area (Å²) in [6, 6.07) is 5.03. The molecule has 0 aliphatic carbocycles. The van der Waals surface area contributed by atoms with E-state index in [4.69, 9.17) is 16.3 Å². The molecule has 0 aliphatic heterocycles. The standard InChI is InChI=1S/C12H16ClNO2/c1-3-4-7-14-12(15)10-6-5-9(16-2)8-11(10)13/h5-6,8H,3-4,7H2,1-2H3,(H,14,15). The molecule has 0 aliphatic rings. The topological polar surface area (TPSA) is 38.3 Å². The van der Waals surface area contributed by atoms with Crippen molar-refractivity contribution in [1.29, 1.82) is 0 Å². The van der Waals surface area contributed by atoms with Crippen molar-refractivity contribution in [3.8, 4) is 5.75 Å². The minimum Gasteiger partial charge on any atom is -0.497 e. The van der Waals surface area contributed by atoms with Crippen molar-refractivity contribution in [3.05, 3.63) is 28.8 Å². The predicted molar refractivity (Wildman–Crippen MR) is 65.2 cm³/mol. The molecular formula is C12H16ClNO2. The second-order valence-electron chi connectivity index (χ2n) is 3.46. The van der Waals surface area contributed by atoms with Crippen molar-refractivity contribution in [1.82, 2.24) is 5.32 Å². The number of nitrogens with one attached hydrogen (secondary N) is 1. The quantitative estimate of drug-likeness (QED) is 0.805. The lowest BCUT2D eigenvalue weighted by Gasteiger charge is -2.07. The van der Waals surface area contributed by atoms with Crippen LogP contribution in [-0.4, -0.2) is 19.6 Å². The van der Waals surface area contributed by atoms with Crippen molar-refractivity contribution < 1.29 is 9.53 Å². The number of carbonyl (C=O) groups is 1. The van der Waals surface area contributed by atoms with Gasteiger partial charge in [-0.2, -0.15) is 0 Å². The lowest BCUT2D eigenvalue weighted by Crippen LogP contribution is -2.24. The van der Waals surface area contributed by atoms with Gasteiger partial charge in [-0.05, 0) is 24.6 Å². The number of amides is 1. The minimum absolute atomic E-state index is 0.138. The highest BCUT2D eigenvalue weighted by atomic mass is 35.5. The van der Waals surface area contributed by atoms with E-state index in [-0.39, 0.29) is 5.91 Å². The second kappa shape index (κ2) is 6.38. The summed E-state index contributed by atoms with van der Waals surface area (Å²) < 4.78 is 5.01. The monoisotopic (exact) mass is 241 g/mol. The molecule has 88 valence electrons. The van der Waals surface area contributed by atoms with Gasteiger partial charge in [-0.25, -0.2) is 0 Å². The Hall–Kier alpha value is -1.22. The zero-order valence-corrected chi connectivity index (χ0v) is 10.3. The van der Waals surface area contributed by atoms with Crippen molar-refractivity contribution in [2.75, 3.05) is 13.7 Å². The summed E-state index contributed by atoms with van der Waals surface area (Å²) in [7, 11) is 1.56. The van der Waals surface area contributed by atoms with Crippen LogP contribution in [0.25, 0.3) is 0 Å². The molecule has 1 aromatic carbocycles. The normalized spacial score (nSPS) is 9.94. The molecule has 1 aromatic rings. The van der Waals surface area contributed by atoms with Crippen LogP contribution in [0.3, 0.4) is 0 Å². The van der Waals surface area contributed by atoms with Crippen molar-refractivity contribution in [2.24, 2.45) is 0 Å². The fourth-order valence-corrected chi connectivity index (χ4v) is 1.54. The molecule has 0 saturated carbocycles. The average molecular weight is 242 g/mol. The lowest BCUT2D eigenvalue weighted by atomic mass is 10.2. The zero-order valence-electron chi connectivity index (χ0n) is 9.55. The number of halogens is 1. The molecule has 3 nitrogen and oxygen atoms in total. The summed E-state index contributed by atoms with van der Waals surface area (Å²) >= 11 is 5.97. The van der Waals surface area contributed by atoms with Crippen LogP contribution in [0.15, 0.2) is 18.2 Å². The third-order valence-corrected chi connectivity index (χ3v) is 2.55. The number of ether oxygens (including phenoxy) is 1. The van der Waals surface area contributed by atoms with Gasteiger partial charge in [0.2, 0.25) is 0 Å². The Morgan fingerprint density at radius 3 is 2.81 bits per heavy atom. The molecule has 4 heteroatoms. The van der Waals surface area contributed by atoms with Gasteiger partial charge in [0.05, 0.1) is 17.7 Å². The summed E-state index contributed by atoms with van der Waals surface area (Å²) in [5.74, 6) is 0.510. The number of carbonyl (C=O) groups excluding carboxylic acids is 1. The van der Waals surface area contributed by atoms with E-state index in [2.05, 4.69) is 12.2 Å². The number of benzene rings is 1. The zero-order chi connectivity index (χ0) is 12.0. The Morgan fingerprint density at radius 2 is 2.25 bits per heavy atom. The van der Waals surface area contributed by atoms with Gasteiger partial charge in [-0.15, -0.1) is 0 Å². The third kappa shape index (κ3) is 3.42. The second-order valence-corrected chi connectivity index (χ2v) is 3.86. The van der Waals surface area contributed by atoms with Crippen LogP contribution in [0.5, 0.6) is 5.75 Å². The van der Waals surface area contributed by atoms with Crippen LogP contribution in [0.4, 0.5) is 0 Å². The molecular weight excluding hydrogens is 226 g/mol. The fraction of sp³-hybridized carbons (Fsp3) is 0.417. The maximum Gasteiger partial charge on any atom is 0.252 e. The van der Waals surface area contributed by atoms with Gasteiger partial charge in [-0.3, -0.25) is 4.79 Å². The van der Waals surface area contributed by atoms with Gasteiger partial charge in [-0.1, -0.05) is 24.9 Å². The molecule has 0 aromatic heterocycles. The van der Waals surface area contributed by atoms with Crippen LogP contribution in [0, 0.1) is 0 Å². The molecule has 0 spiro atoms. The van der Waals surface area contributed by atoms with Crippen molar-refractivity contribution in [3.63, 3.8) is 0 Å². The first-order valence-corrected chi connectivity index (χ1v) is 5.68. The van der Waals surface area contributed by atoms with Crippen molar-refractivity contribution >= 4 is 17.5 Å². The molecule has 0 heterocycles. The average Bonchev–Trinajstić information content (AvgIpc) is 2.29. The molecule has 16 heavy (non-hydrogen) atoms. The van der Waals surface area contributed by atoms with E-state index in [0.717, 1.165) is 12.8 Å². The van der Waals surface area contributed by atoms with Gasteiger partial charge < -0.3 is 10.1 Å². The Kier molecular flexibility index (Phi) is 5.12. The molecule has 1 rings (SSSR count). The maximum atomic E-state index is 11.7. The molecule has 0 unspecified atom stereocenters. The summed E-state index contributed by atoms with van der Waals surface area (Å²) in [5.41, 5.74) is 0.485. The summed E-state index contributed by atoms with van der Waals surface area (Å²) in [5, 5.41) is 3.22. The van der Waals surface area contributed by atoms with Crippen LogP contribution >= 0.6 is 11.6 Å². The molecule has 1 amide bonds. The maximum absolute atomic E-state index is 11.7. The molecule has 0 saturated heterocycles. The SMILES string of the molecule is CCCCNC(=O)c1ccc(OC)cc1Cl. The lowest BCUT2D eigenvalue weighted by molar-refractivity contribution is 0.0953. The van der Waals surface area contributed by atoms with Gasteiger partial charge in [0, 0.05) is 6.54 Å². The molecule has 0 radical (unpaired) electrons. The third-order valence-electron chi connectivity index (χ3n) is 2.24. The van der Waals surface area contributed by atoms with Crippen LogP contribution < -0.4 is 10.1 Å². The van der Waals surface area contributed by atoms with Crippen molar-refractivity contribution in [2.45, 2.75) is 19.8 Å². The molecule has 1 N–H and O–H groups in total. The van der Waals surface area contributed by atoms with Gasteiger partial charge in [0.25, 0.3) is 5.91 Å². The van der Waals surface area contributed by atoms with E-state index in [1.807, 2.05) is 0 Å². The number of hydrogen-bond acceptors (Lipinski definition) is 2. The highest BCUT2D eigenvalue weighted by Gasteiger charge is 2.10. The highest BCUT2D eigenvalue weighted by Crippen LogP contribution is 2.22. The molecule has 0 atom stereocenters. The number of methoxy groups -OCH3 is 1. The first-order chi connectivity index (χ1) is 7.69. The first-order valence-electron chi connectivity index (χ1n) is 5.30. The summed E-state index contributed by atoms with van der Waals surface area (Å²) in [6.45, 7) is 2.75. The van der Waals surface area contributed by atoms with E-state index in [1.54, 1.807) is 25.3 Å². The number of unbranched alkanes of at least 4 members (excludes halogenated alkanes) is 1. The Morgan fingerprint density at radius 1 is 1.50 bits per heavy atom. The van der Waals surface area contributed by atoms with Gasteiger partial charge in [0.15, 0.2) is 0 Å². The first kappa shape index (κ1) is 12.8. The van der Waals surface area contributed by atoms with E-state index < -0.39 is 0 Å². The van der Waals surface area contributed by atoms with Crippen LogP contribution in [0.2, 0.25) is 5.02 Å². The Bertz CT molecular complexity index is 366. The Balaban J connectivity index is 2.68. The largest absolute Gasteiger partial charge is 0.497 e. The van der Waals surface area contributed by atoms with Gasteiger partial charge >= 0.3 is 0 Å². The summed E-state index contributed by atoms with van der Waals surface area (Å²) in [4.78, 5) is 11.7. The smallest absolute Gasteiger partial charge is 0.252 e. The number of hydrogen-bond donors (Lipinski definition) is 1. The van der Waals surface area contributed by atoms with Crippen LogP contribution in [0.1, 0.15) is 30.1 Å². The van der Waals surface area contributed by atoms with E-state index >= 15 is 0 Å². The highest BCUT2D eigenvalue weighted by molar-refractivity contribution is 6.34. The predicted octanol–water partition coefficient (Wildman–Crippen LogP) is 2.88. The molecule has 0 bridgehead atoms. The van der Waals surface area contributed by atoms with E-state index in [1.165, 1.54) is 0 Å². The van der Waals surface area contributed by atoms with E-state index in [0.29, 0.717) is 22.9 Å². The molecule has 0 fully saturated rings. The summed E-state index contributed by atoms with van der Waals surface area (Å²) in [6.07, 6.45) is 2.02. The minimum atomic E-state index is -0.138. The van der Waals surface area contributed by atoms with Crippen LogP contribution in [-0.2, 0) is 0 Å². The van der Waals surface area contributed by atoms with Gasteiger partial charge in [0.1, 0.15) is 5.75 Å². The number of rotatable bonds is 5. The fourth-order valence-electron chi connectivity index (χ4n) is 1.28. The Labute approximate surface area is 101 Å².